The van der Waals surface area contributed by atoms with Gasteiger partial charge in [0.15, 0.2) is 0 Å². The monoisotopic (exact) mass is 255 g/mol. The van der Waals surface area contributed by atoms with Crippen molar-refractivity contribution >= 4 is 16.7 Å². The molecule has 1 aliphatic rings. The van der Waals surface area contributed by atoms with Crippen LogP contribution in [0, 0.1) is 0 Å². The molecule has 0 bridgehead atoms. The minimum absolute atomic E-state index is 0.119. The summed E-state index contributed by atoms with van der Waals surface area (Å²) in [4.78, 5) is 12.1. The number of nitrogens with one attached hydrogen (secondary N) is 1. The lowest BCUT2D eigenvalue weighted by Gasteiger charge is -2.36. The van der Waals surface area contributed by atoms with Crippen LogP contribution in [0.4, 0.5) is 0 Å². The maximum absolute atomic E-state index is 12.1. The number of benzene rings is 2. The fraction of sp³-hybridized carbons (Fsp3) is 0.312. The molecular weight excluding hydrogens is 238 g/mol. The molecule has 1 aliphatic carbocycles. The molecule has 19 heavy (non-hydrogen) atoms. The standard InChI is InChI=1S/C16H17NO2/c18-15(17-11-16(19)8-3-9-16)14-7-6-12-4-1-2-5-13(12)10-14/h1-2,4-7,10,19H,3,8-9,11H2,(H,17,18). The van der Waals surface area contributed by atoms with Crippen LogP contribution >= 0.6 is 0 Å². The lowest BCUT2D eigenvalue weighted by atomic mass is 9.80. The minimum Gasteiger partial charge on any atom is -0.388 e. The Labute approximate surface area is 112 Å². The van der Waals surface area contributed by atoms with Crippen molar-refractivity contribution in [2.24, 2.45) is 0 Å². The van der Waals surface area contributed by atoms with Gasteiger partial charge in [-0.15, -0.1) is 0 Å². The molecule has 0 unspecified atom stereocenters. The van der Waals surface area contributed by atoms with Crippen LogP contribution in [0.3, 0.4) is 0 Å². The molecule has 0 radical (unpaired) electrons. The number of carbonyl (C=O) groups excluding carboxylic acids is 1. The van der Waals surface area contributed by atoms with Gasteiger partial charge in [-0.1, -0.05) is 30.3 Å². The molecule has 0 heterocycles. The molecule has 3 nitrogen and oxygen atoms in total. The molecule has 3 rings (SSSR count). The molecule has 2 aromatic carbocycles. The second-order valence-electron chi connectivity index (χ2n) is 5.32. The summed E-state index contributed by atoms with van der Waals surface area (Å²) in [6, 6.07) is 13.6. The maximum Gasteiger partial charge on any atom is 0.251 e. The van der Waals surface area contributed by atoms with E-state index < -0.39 is 5.60 Å². The van der Waals surface area contributed by atoms with Gasteiger partial charge < -0.3 is 10.4 Å². The normalized spacial score (nSPS) is 16.9. The number of hydrogen-bond donors (Lipinski definition) is 2. The Morgan fingerprint density at radius 2 is 1.89 bits per heavy atom. The number of amides is 1. The summed E-state index contributed by atoms with van der Waals surface area (Å²) in [5.74, 6) is -0.119. The zero-order valence-corrected chi connectivity index (χ0v) is 10.7. The van der Waals surface area contributed by atoms with E-state index in [-0.39, 0.29) is 5.91 Å². The van der Waals surface area contributed by atoms with Gasteiger partial charge in [0.1, 0.15) is 0 Å². The Balaban J connectivity index is 1.74. The van der Waals surface area contributed by atoms with E-state index in [0.717, 1.165) is 30.0 Å². The van der Waals surface area contributed by atoms with Crippen molar-refractivity contribution in [3.8, 4) is 0 Å². The van der Waals surface area contributed by atoms with Crippen LogP contribution in [-0.2, 0) is 0 Å². The van der Waals surface area contributed by atoms with Crippen molar-refractivity contribution < 1.29 is 9.90 Å². The fourth-order valence-corrected chi connectivity index (χ4v) is 2.44. The number of rotatable bonds is 3. The highest BCUT2D eigenvalue weighted by atomic mass is 16.3. The lowest BCUT2D eigenvalue weighted by Crippen LogP contribution is -2.47. The maximum atomic E-state index is 12.1. The number of carbonyl (C=O) groups is 1. The van der Waals surface area contributed by atoms with Crippen LogP contribution in [0.1, 0.15) is 29.6 Å². The molecule has 0 saturated heterocycles. The van der Waals surface area contributed by atoms with E-state index >= 15 is 0 Å². The van der Waals surface area contributed by atoms with Crippen LogP contribution in [0.15, 0.2) is 42.5 Å². The molecule has 3 heteroatoms. The molecule has 98 valence electrons. The van der Waals surface area contributed by atoms with E-state index in [0.29, 0.717) is 12.1 Å². The van der Waals surface area contributed by atoms with Gasteiger partial charge in [0, 0.05) is 12.1 Å². The highest BCUT2D eigenvalue weighted by Gasteiger charge is 2.34. The van der Waals surface area contributed by atoms with E-state index in [1.807, 2.05) is 42.5 Å². The minimum atomic E-state index is -0.674. The van der Waals surface area contributed by atoms with Crippen molar-refractivity contribution in [1.29, 1.82) is 0 Å². The average molecular weight is 255 g/mol. The Bertz CT molecular complexity index is 617. The average Bonchev–Trinajstić information content (AvgIpc) is 2.42. The predicted octanol–water partition coefficient (Wildman–Crippen LogP) is 2.48. The van der Waals surface area contributed by atoms with Crippen LogP contribution in [0.5, 0.6) is 0 Å². The molecular formula is C16H17NO2. The Hall–Kier alpha value is -1.87. The zero-order valence-electron chi connectivity index (χ0n) is 10.7. The van der Waals surface area contributed by atoms with Crippen molar-refractivity contribution in [2.75, 3.05) is 6.54 Å². The highest BCUT2D eigenvalue weighted by molar-refractivity contribution is 5.98. The Morgan fingerprint density at radius 1 is 1.16 bits per heavy atom. The summed E-state index contributed by atoms with van der Waals surface area (Å²) in [6.07, 6.45) is 2.61. The van der Waals surface area contributed by atoms with Crippen LogP contribution in [0.25, 0.3) is 10.8 Å². The van der Waals surface area contributed by atoms with Gasteiger partial charge in [-0.2, -0.15) is 0 Å². The van der Waals surface area contributed by atoms with Crippen molar-refractivity contribution in [1.82, 2.24) is 5.32 Å². The van der Waals surface area contributed by atoms with Gasteiger partial charge in [-0.25, -0.2) is 0 Å². The van der Waals surface area contributed by atoms with E-state index in [2.05, 4.69) is 5.32 Å². The summed E-state index contributed by atoms with van der Waals surface area (Å²) >= 11 is 0. The number of aliphatic hydroxyl groups is 1. The first kappa shape index (κ1) is 12.2. The second-order valence-corrected chi connectivity index (χ2v) is 5.32. The van der Waals surface area contributed by atoms with Crippen molar-refractivity contribution in [3.05, 3.63) is 48.0 Å². The summed E-state index contributed by atoms with van der Waals surface area (Å²) < 4.78 is 0. The molecule has 0 spiro atoms. The quantitative estimate of drug-likeness (QED) is 0.885. The van der Waals surface area contributed by atoms with E-state index in [9.17, 15) is 9.90 Å². The predicted molar refractivity (Wildman–Crippen MR) is 75.1 cm³/mol. The smallest absolute Gasteiger partial charge is 0.251 e. The topological polar surface area (TPSA) is 49.3 Å². The van der Waals surface area contributed by atoms with E-state index in [4.69, 9.17) is 0 Å². The molecule has 1 fully saturated rings. The lowest BCUT2D eigenvalue weighted by molar-refractivity contribution is -0.0300. The third-order valence-corrected chi connectivity index (χ3v) is 3.87. The second kappa shape index (κ2) is 4.67. The number of fused-ring (bicyclic) bond motifs is 1. The van der Waals surface area contributed by atoms with Crippen LogP contribution < -0.4 is 5.32 Å². The third-order valence-electron chi connectivity index (χ3n) is 3.87. The SMILES string of the molecule is O=C(NCC1(O)CCC1)c1ccc2ccccc2c1. The molecule has 2 N–H and O–H groups in total. The van der Waals surface area contributed by atoms with Crippen molar-refractivity contribution in [3.63, 3.8) is 0 Å². The summed E-state index contributed by atoms with van der Waals surface area (Å²) in [5.41, 5.74) is -0.0337. The molecule has 0 aromatic heterocycles. The highest BCUT2D eigenvalue weighted by Crippen LogP contribution is 2.30. The van der Waals surface area contributed by atoms with Crippen LogP contribution in [-0.4, -0.2) is 23.2 Å². The first-order valence-electron chi connectivity index (χ1n) is 6.66. The van der Waals surface area contributed by atoms with Gasteiger partial charge in [-0.3, -0.25) is 4.79 Å². The van der Waals surface area contributed by atoms with Gasteiger partial charge in [0.05, 0.1) is 5.60 Å². The van der Waals surface area contributed by atoms with Crippen LogP contribution in [0.2, 0.25) is 0 Å². The van der Waals surface area contributed by atoms with Crippen molar-refractivity contribution in [2.45, 2.75) is 24.9 Å². The number of hydrogen-bond acceptors (Lipinski definition) is 2. The van der Waals surface area contributed by atoms with Gasteiger partial charge in [-0.05, 0) is 42.2 Å². The first-order valence-corrected chi connectivity index (χ1v) is 6.66. The molecule has 2 aromatic rings. The molecule has 0 aliphatic heterocycles. The molecule has 1 saturated carbocycles. The summed E-state index contributed by atoms with van der Waals surface area (Å²) in [6.45, 7) is 0.346. The van der Waals surface area contributed by atoms with Gasteiger partial charge in [0.2, 0.25) is 0 Å². The fourth-order valence-electron chi connectivity index (χ4n) is 2.44. The van der Waals surface area contributed by atoms with Gasteiger partial charge >= 0.3 is 0 Å². The summed E-state index contributed by atoms with van der Waals surface area (Å²) in [7, 11) is 0. The van der Waals surface area contributed by atoms with E-state index in [1.165, 1.54) is 0 Å². The third kappa shape index (κ3) is 2.47. The summed E-state index contributed by atoms with van der Waals surface area (Å²) in [5, 5.41) is 15.0. The Kier molecular flexibility index (Phi) is 2.99. The zero-order chi connectivity index (χ0) is 13.3. The molecule has 1 amide bonds. The largest absolute Gasteiger partial charge is 0.388 e. The first-order chi connectivity index (χ1) is 9.16. The van der Waals surface area contributed by atoms with E-state index in [1.54, 1.807) is 0 Å². The Morgan fingerprint density at radius 3 is 2.58 bits per heavy atom. The molecule has 0 atom stereocenters. The van der Waals surface area contributed by atoms with Gasteiger partial charge in [0.25, 0.3) is 5.91 Å².